The minimum atomic E-state index is -1.03. The number of hydrogen-bond donors (Lipinski definition) is 2. The molecule has 1 aromatic heterocycles. The van der Waals surface area contributed by atoms with Crippen LogP contribution in [0.25, 0.3) is 0 Å². The molecule has 1 fully saturated rings. The third-order valence-electron chi connectivity index (χ3n) is 3.76. The summed E-state index contributed by atoms with van der Waals surface area (Å²) < 4.78 is 0. The molecule has 0 saturated heterocycles. The second kappa shape index (κ2) is 5.04. The third-order valence-corrected chi connectivity index (χ3v) is 3.76. The van der Waals surface area contributed by atoms with Crippen molar-refractivity contribution in [3.8, 4) is 0 Å². The molecule has 2 rings (SSSR count). The summed E-state index contributed by atoms with van der Waals surface area (Å²) in [5.41, 5.74) is 0.560. The van der Waals surface area contributed by atoms with E-state index in [4.69, 9.17) is 5.11 Å². The molecule has 0 aliphatic heterocycles. The van der Waals surface area contributed by atoms with Crippen molar-refractivity contribution < 1.29 is 9.90 Å². The van der Waals surface area contributed by atoms with Gasteiger partial charge in [-0.25, -0.2) is 14.8 Å². The maximum Gasteiger partial charge on any atom is 0.354 e. The van der Waals surface area contributed by atoms with Crippen molar-refractivity contribution >= 4 is 11.9 Å². The van der Waals surface area contributed by atoms with E-state index in [1.165, 1.54) is 18.7 Å². The van der Waals surface area contributed by atoms with Gasteiger partial charge in [-0.3, -0.25) is 0 Å². The van der Waals surface area contributed by atoms with Crippen molar-refractivity contribution in [2.24, 2.45) is 10.8 Å². The Bertz CT molecular complexity index is 496. The molecule has 0 amide bonds. The summed E-state index contributed by atoms with van der Waals surface area (Å²) in [4.78, 5) is 19.1. The van der Waals surface area contributed by atoms with Crippen LogP contribution in [-0.4, -0.2) is 27.1 Å². The fraction of sp³-hybridized carbons (Fsp3) is 0.667. The zero-order valence-electron chi connectivity index (χ0n) is 12.6. The number of rotatable bonds is 3. The fourth-order valence-electron chi connectivity index (χ4n) is 3.68. The minimum absolute atomic E-state index is 0.0248. The van der Waals surface area contributed by atoms with E-state index >= 15 is 0 Å². The number of carbonyl (C=O) groups is 1. The molecule has 1 aromatic rings. The Balaban J connectivity index is 2.13. The highest BCUT2D eigenvalue weighted by Crippen LogP contribution is 2.46. The summed E-state index contributed by atoms with van der Waals surface area (Å²) in [5.74, 6) is -0.622. The number of aromatic carboxylic acids is 1. The lowest BCUT2D eigenvalue weighted by Crippen LogP contribution is -2.40. The van der Waals surface area contributed by atoms with Gasteiger partial charge < -0.3 is 10.4 Å². The molecule has 0 atom stereocenters. The molecule has 1 aliphatic rings. The summed E-state index contributed by atoms with van der Waals surface area (Å²) >= 11 is 0. The van der Waals surface area contributed by atoms with Gasteiger partial charge in [-0.15, -0.1) is 0 Å². The first-order valence-corrected chi connectivity index (χ1v) is 7.00. The molecule has 1 heterocycles. The molecule has 1 saturated carbocycles. The van der Waals surface area contributed by atoms with Crippen molar-refractivity contribution in [1.82, 2.24) is 9.97 Å². The van der Waals surface area contributed by atoms with Crippen LogP contribution in [0.5, 0.6) is 0 Å². The summed E-state index contributed by atoms with van der Waals surface area (Å²) in [6.45, 7) is 9.10. The Labute approximate surface area is 119 Å². The second-order valence-electron chi connectivity index (χ2n) is 7.33. The first kappa shape index (κ1) is 14.8. The molecule has 0 unspecified atom stereocenters. The second-order valence-corrected chi connectivity index (χ2v) is 7.33. The van der Waals surface area contributed by atoms with Gasteiger partial charge in [0.2, 0.25) is 5.95 Å². The highest BCUT2D eigenvalue weighted by molar-refractivity contribution is 5.85. The number of carboxylic acid groups (broad SMARTS) is 1. The molecule has 110 valence electrons. The van der Waals surface area contributed by atoms with Gasteiger partial charge in [0, 0.05) is 12.2 Å². The van der Waals surface area contributed by atoms with E-state index in [-0.39, 0.29) is 22.6 Å². The number of carboxylic acids is 1. The van der Waals surface area contributed by atoms with Gasteiger partial charge in [-0.1, -0.05) is 27.7 Å². The van der Waals surface area contributed by atoms with Crippen LogP contribution in [-0.2, 0) is 0 Å². The Morgan fingerprint density at radius 2 is 1.90 bits per heavy atom. The van der Waals surface area contributed by atoms with Gasteiger partial charge in [0.1, 0.15) is 0 Å². The molecule has 20 heavy (non-hydrogen) atoms. The van der Waals surface area contributed by atoms with Crippen LogP contribution in [0.15, 0.2) is 12.3 Å². The van der Waals surface area contributed by atoms with Crippen molar-refractivity contribution in [3.63, 3.8) is 0 Å². The number of nitrogens with one attached hydrogen (secondary N) is 1. The van der Waals surface area contributed by atoms with E-state index in [9.17, 15) is 4.79 Å². The molecule has 5 heteroatoms. The van der Waals surface area contributed by atoms with E-state index in [2.05, 4.69) is 43.0 Å². The monoisotopic (exact) mass is 277 g/mol. The van der Waals surface area contributed by atoms with Crippen LogP contribution in [0.2, 0.25) is 0 Å². The van der Waals surface area contributed by atoms with Gasteiger partial charge in [-0.05, 0) is 36.2 Å². The Morgan fingerprint density at radius 3 is 2.45 bits per heavy atom. The SMILES string of the molecule is CC1(C)CC(Nc2nccc(C(=O)O)n2)CC(C)(C)C1. The van der Waals surface area contributed by atoms with E-state index in [1.54, 1.807) is 0 Å². The van der Waals surface area contributed by atoms with E-state index < -0.39 is 5.97 Å². The summed E-state index contributed by atoms with van der Waals surface area (Å²) in [6, 6.07) is 1.68. The Kier molecular flexibility index (Phi) is 3.71. The maximum absolute atomic E-state index is 10.9. The Hall–Kier alpha value is -1.65. The lowest BCUT2D eigenvalue weighted by molar-refractivity contribution is 0.0690. The van der Waals surface area contributed by atoms with Gasteiger partial charge in [0.25, 0.3) is 0 Å². The van der Waals surface area contributed by atoms with Crippen molar-refractivity contribution in [1.29, 1.82) is 0 Å². The number of anilines is 1. The maximum atomic E-state index is 10.9. The molecule has 0 aromatic carbocycles. The fourth-order valence-corrected chi connectivity index (χ4v) is 3.68. The van der Waals surface area contributed by atoms with Gasteiger partial charge in [0.15, 0.2) is 5.69 Å². The van der Waals surface area contributed by atoms with Crippen molar-refractivity contribution in [2.45, 2.75) is 53.0 Å². The molecule has 1 aliphatic carbocycles. The zero-order valence-corrected chi connectivity index (χ0v) is 12.6. The summed E-state index contributed by atoms with van der Waals surface area (Å²) in [5, 5.41) is 12.3. The van der Waals surface area contributed by atoms with Crippen LogP contribution in [0.1, 0.15) is 57.4 Å². The molecule has 5 nitrogen and oxygen atoms in total. The molecule has 0 spiro atoms. The molecule has 0 bridgehead atoms. The Morgan fingerprint density at radius 1 is 1.30 bits per heavy atom. The van der Waals surface area contributed by atoms with Crippen LogP contribution in [0, 0.1) is 10.8 Å². The first-order valence-electron chi connectivity index (χ1n) is 7.00. The van der Waals surface area contributed by atoms with Crippen LogP contribution in [0.3, 0.4) is 0 Å². The van der Waals surface area contributed by atoms with E-state index in [0.29, 0.717) is 5.95 Å². The van der Waals surface area contributed by atoms with Crippen molar-refractivity contribution in [3.05, 3.63) is 18.0 Å². The molecular formula is C15H23N3O2. The van der Waals surface area contributed by atoms with Crippen molar-refractivity contribution in [2.75, 3.05) is 5.32 Å². The first-order chi connectivity index (χ1) is 9.17. The predicted octanol–water partition coefficient (Wildman–Crippen LogP) is 3.19. The van der Waals surface area contributed by atoms with Gasteiger partial charge in [0.05, 0.1) is 0 Å². The summed E-state index contributed by atoms with van der Waals surface area (Å²) in [6.07, 6.45) is 4.75. The number of aromatic nitrogens is 2. The lowest BCUT2D eigenvalue weighted by Gasteiger charge is -2.45. The standard InChI is InChI=1S/C15H23N3O2/c1-14(2)7-10(8-15(3,4)9-14)17-13-16-6-5-11(18-13)12(19)20/h5-6,10H,7-9H2,1-4H3,(H,19,20)(H,16,17,18). The highest BCUT2D eigenvalue weighted by Gasteiger charge is 2.38. The molecule has 2 N–H and O–H groups in total. The smallest absolute Gasteiger partial charge is 0.354 e. The van der Waals surface area contributed by atoms with Crippen LogP contribution in [0.4, 0.5) is 5.95 Å². The normalized spacial score (nSPS) is 21.4. The quantitative estimate of drug-likeness (QED) is 0.887. The highest BCUT2D eigenvalue weighted by atomic mass is 16.4. The van der Waals surface area contributed by atoms with Crippen LogP contribution >= 0.6 is 0 Å². The van der Waals surface area contributed by atoms with Gasteiger partial charge >= 0.3 is 5.97 Å². The zero-order chi connectivity index (χ0) is 15.0. The number of nitrogens with zero attached hydrogens (tertiary/aromatic N) is 2. The molecule has 0 radical (unpaired) electrons. The van der Waals surface area contributed by atoms with E-state index in [1.807, 2.05) is 0 Å². The number of hydrogen-bond acceptors (Lipinski definition) is 4. The summed E-state index contributed by atoms with van der Waals surface area (Å²) in [7, 11) is 0. The lowest BCUT2D eigenvalue weighted by atomic mass is 9.63. The third kappa shape index (κ3) is 3.68. The minimum Gasteiger partial charge on any atom is -0.477 e. The topological polar surface area (TPSA) is 75.1 Å². The predicted molar refractivity (Wildman–Crippen MR) is 77.8 cm³/mol. The van der Waals surface area contributed by atoms with Crippen LogP contribution < -0.4 is 5.32 Å². The molecular weight excluding hydrogens is 254 g/mol. The average Bonchev–Trinajstić information content (AvgIpc) is 2.24. The average molecular weight is 277 g/mol. The van der Waals surface area contributed by atoms with E-state index in [0.717, 1.165) is 12.8 Å². The van der Waals surface area contributed by atoms with Gasteiger partial charge in [-0.2, -0.15) is 0 Å². The largest absolute Gasteiger partial charge is 0.477 e.